The van der Waals surface area contributed by atoms with Crippen LogP contribution in [0.4, 0.5) is 13.2 Å². The molecule has 0 radical (unpaired) electrons. The second kappa shape index (κ2) is 6.91. The lowest BCUT2D eigenvalue weighted by atomic mass is 10.1. The third-order valence-electron chi connectivity index (χ3n) is 2.16. The van der Waals surface area contributed by atoms with Gasteiger partial charge in [0.15, 0.2) is 3.83 Å². The minimum atomic E-state index is -5.07. The van der Waals surface area contributed by atoms with Gasteiger partial charge in [-0.1, -0.05) is 0 Å². The molecule has 0 bridgehead atoms. The Labute approximate surface area is 138 Å². The van der Waals surface area contributed by atoms with E-state index in [1.165, 1.54) is 0 Å². The number of carbonyl (C=O) groups is 2. The smallest absolute Gasteiger partial charge is 0.467 e. The first-order valence-corrected chi connectivity index (χ1v) is 7.16. The van der Waals surface area contributed by atoms with Gasteiger partial charge in [0, 0.05) is 6.42 Å². The Morgan fingerprint density at radius 2 is 2.05 bits per heavy atom. The Hall–Kier alpha value is -0.600. The van der Waals surface area contributed by atoms with E-state index in [9.17, 15) is 22.8 Å². The van der Waals surface area contributed by atoms with Gasteiger partial charge in [0.2, 0.25) is 0 Å². The van der Waals surface area contributed by atoms with Crippen molar-refractivity contribution in [2.24, 2.45) is 0 Å². The van der Waals surface area contributed by atoms with Gasteiger partial charge in [-0.15, -0.1) is 0 Å². The Bertz CT molecular complexity index is 518. The largest absolute Gasteiger partial charge is 0.471 e. The van der Waals surface area contributed by atoms with E-state index in [2.05, 4.69) is 14.7 Å². The summed E-state index contributed by atoms with van der Waals surface area (Å²) in [4.78, 5) is 29.2. The van der Waals surface area contributed by atoms with Crippen molar-refractivity contribution in [2.75, 3.05) is 7.11 Å². The quantitative estimate of drug-likeness (QED) is 0.468. The summed E-state index contributed by atoms with van der Waals surface area (Å²) in [5, 5.41) is 1.60. The van der Waals surface area contributed by atoms with E-state index in [1.54, 1.807) is 5.32 Å². The van der Waals surface area contributed by atoms with Gasteiger partial charge < -0.3 is 15.0 Å². The fourth-order valence-electron chi connectivity index (χ4n) is 1.27. The first kappa shape index (κ1) is 17.5. The topological polar surface area (TPSA) is 84.1 Å². The normalized spacial score (nSPS) is 12.9. The molecule has 6 nitrogen and oxygen atoms in total. The van der Waals surface area contributed by atoms with Crippen LogP contribution in [0.2, 0.25) is 0 Å². The number of halogens is 5. The highest BCUT2D eigenvalue weighted by atomic mass is 127. The maximum absolute atomic E-state index is 12.2. The van der Waals surface area contributed by atoms with Gasteiger partial charge in [0.05, 0.1) is 12.8 Å². The molecule has 112 valence electrons. The molecule has 0 saturated carbocycles. The predicted octanol–water partition coefficient (Wildman–Crippen LogP) is 1.38. The minimum Gasteiger partial charge on any atom is -0.467 e. The highest BCUT2D eigenvalue weighted by Gasteiger charge is 2.41. The molecular formula is C9H8F3I2N3O3. The highest BCUT2D eigenvalue weighted by molar-refractivity contribution is 14.1. The van der Waals surface area contributed by atoms with Crippen LogP contribution >= 0.6 is 45.2 Å². The molecule has 1 aromatic rings. The van der Waals surface area contributed by atoms with Crippen molar-refractivity contribution in [1.82, 2.24) is 15.3 Å². The number of esters is 1. The number of imidazole rings is 1. The molecule has 1 amide bonds. The number of carbonyl (C=O) groups excluding carboxylic acids is 2. The van der Waals surface area contributed by atoms with Crippen molar-refractivity contribution in [2.45, 2.75) is 18.6 Å². The molecule has 20 heavy (non-hydrogen) atoms. The van der Waals surface area contributed by atoms with Gasteiger partial charge in [0.1, 0.15) is 9.74 Å². The van der Waals surface area contributed by atoms with Gasteiger partial charge in [-0.05, 0) is 45.2 Å². The van der Waals surface area contributed by atoms with Crippen LogP contribution in [-0.2, 0) is 20.7 Å². The molecule has 2 N–H and O–H groups in total. The Balaban J connectivity index is 2.88. The molecule has 1 aromatic heterocycles. The molecule has 1 heterocycles. The fourth-order valence-corrected chi connectivity index (χ4v) is 2.90. The van der Waals surface area contributed by atoms with Crippen LogP contribution in [0, 0.1) is 7.53 Å². The molecule has 0 aliphatic carbocycles. The molecule has 0 saturated heterocycles. The monoisotopic (exact) mass is 517 g/mol. The second-order valence-corrected chi connectivity index (χ2v) is 5.59. The molecule has 0 spiro atoms. The number of aromatic amines is 1. The number of alkyl halides is 3. The first-order chi connectivity index (χ1) is 9.15. The number of rotatable bonds is 4. The van der Waals surface area contributed by atoms with E-state index in [0.29, 0.717) is 13.2 Å². The van der Waals surface area contributed by atoms with Crippen molar-refractivity contribution < 1.29 is 27.5 Å². The summed E-state index contributed by atoms with van der Waals surface area (Å²) in [5.41, 5.74) is 0.438. The molecular weight excluding hydrogens is 509 g/mol. The van der Waals surface area contributed by atoms with E-state index >= 15 is 0 Å². The maximum atomic E-state index is 12.2. The van der Waals surface area contributed by atoms with E-state index in [0.717, 1.165) is 7.11 Å². The lowest BCUT2D eigenvalue weighted by molar-refractivity contribution is -0.175. The van der Waals surface area contributed by atoms with Crippen molar-refractivity contribution in [3.8, 4) is 0 Å². The molecule has 0 aliphatic heterocycles. The highest BCUT2D eigenvalue weighted by Crippen LogP contribution is 2.17. The lowest BCUT2D eigenvalue weighted by Crippen LogP contribution is -2.48. The van der Waals surface area contributed by atoms with Crippen molar-refractivity contribution in [1.29, 1.82) is 0 Å². The zero-order chi connectivity index (χ0) is 15.5. The molecule has 1 rings (SSSR count). The summed E-state index contributed by atoms with van der Waals surface area (Å²) >= 11 is 3.75. The standard InChI is InChI=1S/C9H8F3I2N3O3/c1-20-6(18)4(15-7(19)9(10,11)12)2-3-5(13)17-8(14)16-3/h4H,2H2,1H3,(H,15,19)(H,16,17). The average Bonchev–Trinajstić information content (AvgIpc) is 2.64. The van der Waals surface area contributed by atoms with Crippen molar-refractivity contribution in [3.05, 3.63) is 13.2 Å². The van der Waals surface area contributed by atoms with Crippen LogP contribution in [0.15, 0.2) is 0 Å². The molecule has 0 aliphatic rings. The van der Waals surface area contributed by atoms with Crippen molar-refractivity contribution >= 4 is 57.1 Å². The maximum Gasteiger partial charge on any atom is 0.471 e. The Morgan fingerprint density at radius 1 is 1.45 bits per heavy atom. The molecule has 1 unspecified atom stereocenters. The van der Waals surface area contributed by atoms with E-state index in [1.807, 2.05) is 45.2 Å². The SMILES string of the molecule is COC(=O)C(Cc1[nH]c(I)nc1I)NC(=O)C(F)(F)F. The zero-order valence-corrected chi connectivity index (χ0v) is 14.2. The van der Waals surface area contributed by atoms with Crippen LogP contribution in [0.25, 0.3) is 0 Å². The van der Waals surface area contributed by atoms with E-state index < -0.39 is 24.1 Å². The number of hydrogen-bond acceptors (Lipinski definition) is 4. The summed E-state index contributed by atoms with van der Waals surface area (Å²) in [6.07, 6.45) is -5.25. The summed E-state index contributed by atoms with van der Waals surface area (Å²) in [6, 6.07) is -1.45. The van der Waals surface area contributed by atoms with Crippen LogP contribution in [0.1, 0.15) is 5.69 Å². The summed E-state index contributed by atoms with van der Waals surface area (Å²) in [6.45, 7) is 0. The number of hydrogen-bond donors (Lipinski definition) is 2. The van der Waals surface area contributed by atoms with Crippen LogP contribution in [0.5, 0.6) is 0 Å². The zero-order valence-electron chi connectivity index (χ0n) is 9.85. The van der Waals surface area contributed by atoms with E-state index in [-0.39, 0.29) is 6.42 Å². The number of amides is 1. The Morgan fingerprint density at radius 3 is 2.45 bits per heavy atom. The number of nitrogens with one attached hydrogen (secondary N) is 2. The molecule has 0 fully saturated rings. The molecule has 0 aromatic carbocycles. The van der Waals surface area contributed by atoms with Crippen molar-refractivity contribution in [3.63, 3.8) is 0 Å². The number of H-pyrrole nitrogens is 1. The fraction of sp³-hybridized carbons (Fsp3) is 0.444. The molecule has 1 atom stereocenters. The van der Waals surface area contributed by atoms with Gasteiger partial charge >= 0.3 is 18.1 Å². The van der Waals surface area contributed by atoms with Crippen LogP contribution in [-0.4, -0.2) is 41.2 Å². The second-order valence-electron chi connectivity index (χ2n) is 3.55. The third-order valence-corrected chi connectivity index (χ3v) is 3.56. The van der Waals surface area contributed by atoms with Gasteiger partial charge in [0.25, 0.3) is 0 Å². The number of nitrogens with zero attached hydrogens (tertiary/aromatic N) is 1. The van der Waals surface area contributed by atoms with Crippen LogP contribution in [0.3, 0.4) is 0 Å². The number of aromatic nitrogens is 2. The van der Waals surface area contributed by atoms with Crippen LogP contribution < -0.4 is 5.32 Å². The van der Waals surface area contributed by atoms with Gasteiger partial charge in [-0.25, -0.2) is 9.78 Å². The third kappa shape index (κ3) is 4.75. The summed E-state index contributed by atoms with van der Waals surface area (Å²) < 4.78 is 42.0. The predicted molar refractivity (Wildman–Crippen MR) is 77.7 cm³/mol. The van der Waals surface area contributed by atoms with Gasteiger partial charge in [-0.3, -0.25) is 4.79 Å². The minimum absolute atomic E-state index is 0.178. The van der Waals surface area contributed by atoms with Gasteiger partial charge in [-0.2, -0.15) is 13.2 Å². The van der Waals surface area contributed by atoms with E-state index in [4.69, 9.17) is 0 Å². The lowest BCUT2D eigenvalue weighted by Gasteiger charge is -2.16. The first-order valence-electron chi connectivity index (χ1n) is 5.00. The summed E-state index contributed by atoms with van der Waals surface area (Å²) in [7, 11) is 1.02. The average molecular weight is 517 g/mol. The molecule has 11 heteroatoms. The number of ether oxygens (including phenoxy) is 1. The summed E-state index contributed by atoms with van der Waals surface area (Å²) in [5.74, 6) is -3.17. The number of methoxy groups -OCH3 is 1. The Kier molecular flexibility index (Phi) is 6.03.